The second-order valence-corrected chi connectivity index (χ2v) is 8.89. The molecule has 0 aliphatic heterocycles. The fourth-order valence-electron chi connectivity index (χ4n) is 3.87. The quantitative estimate of drug-likeness (QED) is 0.385. The van der Waals surface area contributed by atoms with Crippen molar-refractivity contribution in [2.45, 2.75) is 58.9 Å². The van der Waals surface area contributed by atoms with Crippen LogP contribution in [-0.4, -0.2) is 48.6 Å². The Morgan fingerprint density at radius 1 is 1.10 bits per heavy atom. The van der Waals surface area contributed by atoms with E-state index in [9.17, 15) is 5.11 Å². The zero-order valence-corrected chi connectivity index (χ0v) is 20.2. The summed E-state index contributed by atoms with van der Waals surface area (Å²) in [6, 6.07) is 4.25. The predicted molar refractivity (Wildman–Crippen MR) is 136 cm³/mol. The number of hydrogen-bond donors (Lipinski definition) is 1. The Balaban J connectivity index is 2.34. The number of allylic oxidation sites excluding steroid dienone is 4. The van der Waals surface area contributed by atoms with E-state index in [1.54, 1.807) is 0 Å². The molecule has 170 valence electrons. The molecule has 1 aliphatic rings. The van der Waals surface area contributed by atoms with Crippen LogP contribution in [0.25, 0.3) is 11.6 Å². The minimum Gasteiger partial charge on any atom is -0.507 e. The number of phenols is 1. The van der Waals surface area contributed by atoms with Crippen molar-refractivity contribution < 1.29 is 5.11 Å². The van der Waals surface area contributed by atoms with Crippen molar-refractivity contribution in [2.75, 3.05) is 33.7 Å². The van der Waals surface area contributed by atoms with Gasteiger partial charge in [0.25, 0.3) is 0 Å². The minimum atomic E-state index is 0.397. The average molecular weight is 423 g/mol. The third-order valence-corrected chi connectivity index (χ3v) is 5.64. The van der Waals surface area contributed by atoms with Crippen molar-refractivity contribution in [1.29, 1.82) is 0 Å². The Morgan fingerprint density at radius 3 is 2.55 bits per heavy atom. The van der Waals surface area contributed by atoms with Gasteiger partial charge in [0.1, 0.15) is 5.75 Å². The topological polar surface area (TPSA) is 26.7 Å². The molecule has 0 atom stereocenters. The van der Waals surface area contributed by atoms with Gasteiger partial charge in [0.2, 0.25) is 0 Å². The number of benzene rings is 1. The van der Waals surface area contributed by atoms with E-state index in [0.717, 1.165) is 87.0 Å². The summed E-state index contributed by atoms with van der Waals surface area (Å²) in [5.74, 6) is 0.397. The Labute approximate surface area is 190 Å². The number of likely N-dealkylation sites (N-methyl/N-ethyl adjacent to an activating group) is 1. The average Bonchev–Trinajstić information content (AvgIpc) is 2.75. The van der Waals surface area contributed by atoms with E-state index in [1.807, 2.05) is 0 Å². The summed E-state index contributed by atoms with van der Waals surface area (Å²) in [5, 5.41) is 11.2. The summed E-state index contributed by atoms with van der Waals surface area (Å²) in [4.78, 5) is 4.67. The maximum atomic E-state index is 11.2. The molecule has 0 spiro atoms. The molecule has 1 aromatic rings. The van der Waals surface area contributed by atoms with Gasteiger partial charge in [-0.2, -0.15) is 0 Å². The van der Waals surface area contributed by atoms with Gasteiger partial charge in [-0.05, 0) is 68.6 Å². The van der Waals surface area contributed by atoms with Crippen molar-refractivity contribution in [3.63, 3.8) is 0 Å². The van der Waals surface area contributed by atoms with E-state index < -0.39 is 0 Å². The lowest BCUT2D eigenvalue weighted by Gasteiger charge is -2.26. The summed E-state index contributed by atoms with van der Waals surface area (Å²) >= 11 is 0. The largest absolute Gasteiger partial charge is 0.507 e. The third kappa shape index (κ3) is 8.51. The van der Waals surface area contributed by atoms with Crippen LogP contribution in [0.1, 0.15) is 69.1 Å². The molecular weight excluding hydrogens is 380 g/mol. The second-order valence-electron chi connectivity index (χ2n) is 8.89. The molecule has 0 bridgehead atoms. The monoisotopic (exact) mass is 422 g/mol. The van der Waals surface area contributed by atoms with Crippen LogP contribution in [0.4, 0.5) is 0 Å². The summed E-state index contributed by atoms with van der Waals surface area (Å²) in [5.41, 5.74) is 5.44. The van der Waals surface area contributed by atoms with Gasteiger partial charge in [0.05, 0.1) is 0 Å². The first-order valence-corrected chi connectivity index (χ1v) is 11.9. The molecule has 0 heterocycles. The highest BCUT2D eigenvalue weighted by molar-refractivity contribution is 5.73. The molecule has 3 heteroatoms. The Bertz CT molecular complexity index is 801. The van der Waals surface area contributed by atoms with E-state index in [2.05, 4.69) is 86.8 Å². The van der Waals surface area contributed by atoms with Crippen LogP contribution in [-0.2, 0) is 6.54 Å². The van der Waals surface area contributed by atoms with Crippen molar-refractivity contribution in [2.24, 2.45) is 0 Å². The third-order valence-electron chi connectivity index (χ3n) is 5.64. The van der Waals surface area contributed by atoms with E-state index in [-0.39, 0.29) is 0 Å². The van der Waals surface area contributed by atoms with Crippen LogP contribution in [0, 0.1) is 0 Å². The zero-order valence-electron chi connectivity index (χ0n) is 20.2. The Kier molecular flexibility index (Phi) is 10.8. The maximum Gasteiger partial charge on any atom is 0.127 e. The van der Waals surface area contributed by atoms with E-state index in [0.29, 0.717) is 5.75 Å². The van der Waals surface area contributed by atoms with E-state index in [1.165, 1.54) is 5.57 Å². The molecule has 0 radical (unpaired) electrons. The van der Waals surface area contributed by atoms with Gasteiger partial charge in [-0.15, -0.1) is 0 Å². The molecule has 2 rings (SSSR count). The van der Waals surface area contributed by atoms with Gasteiger partial charge in [0, 0.05) is 37.3 Å². The molecule has 0 saturated heterocycles. The molecule has 3 nitrogen and oxygen atoms in total. The first kappa shape index (κ1) is 25.2. The first-order chi connectivity index (χ1) is 14.9. The number of hydrogen-bond acceptors (Lipinski definition) is 3. The fourth-order valence-corrected chi connectivity index (χ4v) is 3.87. The molecule has 0 saturated carbocycles. The number of unbranched alkanes of at least 4 members (excludes halogenated alkanes) is 1. The highest BCUT2D eigenvalue weighted by atomic mass is 16.3. The molecule has 0 aromatic heterocycles. The lowest BCUT2D eigenvalue weighted by molar-refractivity contribution is 0.248. The summed E-state index contributed by atoms with van der Waals surface area (Å²) in [7, 11) is 4.23. The maximum absolute atomic E-state index is 11.2. The van der Waals surface area contributed by atoms with E-state index in [4.69, 9.17) is 0 Å². The molecule has 0 unspecified atom stereocenters. The number of rotatable bonds is 13. The highest BCUT2D eigenvalue weighted by Crippen LogP contribution is 2.33. The van der Waals surface area contributed by atoms with Gasteiger partial charge in [-0.1, -0.05) is 63.6 Å². The molecule has 1 N–H and O–H groups in total. The smallest absolute Gasteiger partial charge is 0.127 e. The highest BCUT2D eigenvalue weighted by Gasteiger charge is 2.16. The van der Waals surface area contributed by atoms with Crippen LogP contribution in [0.3, 0.4) is 0 Å². The van der Waals surface area contributed by atoms with Crippen LogP contribution >= 0.6 is 0 Å². The van der Waals surface area contributed by atoms with Crippen molar-refractivity contribution in [3.8, 4) is 5.75 Å². The number of aromatic hydroxyl groups is 1. The van der Waals surface area contributed by atoms with Crippen molar-refractivity contribution in [3.05, 3.63) is 65.3 Å². The molecule has 31 heavy (non-hydrogen) atoms. The lowest BCUT2D eigenvalue weighted by atomic mass is 9.95. The van der Waals surface area contributed by atoms with Crippen LogP contribution in [0.15, 0.2) is 48.6 Å². The number of phenolic OH excluding ortho intramolecular Hbond substituents is 1. The van der Waals surface area contributed by atoms with E-state index >= 15 is 0 Å². The minimum absolute atomic E-state index is 0.397. The summed E-state index contributed by atoms with van der Waals surface area (Å²) < 4.78 is 0. The first-order valence-electron chi connectivity index (χ1n) is 11.9. The van der Waals surface area contributed by atoms with Gasteiger partial charge in [-0.25, -0.2) is 0 Å². The van der Waals surface area contributed by atoms with Gasteiger partial charge in [-0.3, -0.25) is 4.90 Å². The van der Waals surface area contributed by atoms with Crippen LogP contribution in [0.5, 0.6) is 5.75 Å². The predicted octanol–water partition coefficient (Wildman–Crippen LogP) is 6.66. The molecule has 0 fully saturated rings. The Hall–Kier alpha value is -2.10. The van der Waals surface area contributed by atoms with Gasteiger partial charge in [0.15, 0.2) is 0 Å². The molecule has 1 aliphatic carbocycles. The van der Waals surface area contributed by atoms with Gasteiger partial charge < -0.3 is 10.0 Å². The Morgan fingerprint density at radius 2 is 1.90 bits per heavy atom. The molecule has 1 aromatic carbocycles. The fraction of sp³-hybridized carbons (Fsp3) is 0.500. The standard InChI is InChI=1S/C28H42N2O/c1-6-8-10-16-25-19-26(28(31)27(20-25)23(3)13-7-2)22-30(18-17-29(4)5)21-24-14-11-9-12-15-24/h10-11,14-16,19-20,31H,3,6-9,12-13,17-18,21-22H2,1-2,4-5H3/b16-10+. The second kappa shape index (κ2) is 13.3. The van der Waals surface area contributed by atoms with Crippen LogP contribution in [0.2, 0.25) is 0 Å². The number of nitrogens with zero attached hydrogens (tertiary/aromatic N) is 2. The summed E-state index contributed by atoms with van der Waals surface area (Å²) in [6.45, 7) is 12.2. The molecule has 0 amide bonds. The summed E-state index contributed by atoms with van der Waals surface area (Å²) in [6.07, 6.45) is 17.7. The van der Waals surface area contributed by atoms with Crippen molar-refractivity contribution >= 4 is 11.6 Å². The normalized spacial score (nSPS) is 14.1. The molecular formula is C28H42N2O. The SMILES string of the molecule is C=C(CCC)c1cc(/C=C/CCC)cc(CN(CCN(C)C)CC2=CCCC=C2)c1O. The zero-order chi connectivity index (χ0) is 22.6. The lowest BCUT2D eigenvalue weighted by Crippen LogP contribution is -2.33. The van der Waals surface area contributed by atoms with Gasteiger partial charge >= 0.3 is 0 Å². The van der Waals surface area contributed by atoms with Crippen molar-refractivity contribution in [1.82, 2.24) is 9.80 Å². The van der Waals surface area contributed by atoms with Crippen LogP contribution < -0.4 is 0 Å².